The minimum absolute atomic E-state index is 0.161. The third kappa shape index (κ3) is 4.26. The van der Waals surface area contributed by atoms with E-state index in [2.05, 4.69) is 0 Å². The number of carbonyl (C=O) groups excluding carboxylic acids is 2. The molecule has 0 radical (unpaired) electrons. The van der Waals surface area contributed by atoms with Crippen LogP contribution in [-0.4, -0.2) is 22.8 Å². The summed E-state index contributed by atoms with van der Waals surface area (Å²) in [6.07, 6.45) is 1.76. The monoisotopic (exact) mass is 413 g/mol. The van der Waals surface area contributed by atoms with E-state index < -0.39 is 5.97 Å². The largest absolute Gasteiger partial charge is 0.490 e. The number of amides is 1. The van der Waals surface area contributed by atoms with Gasteiger partial charge in [-0.2, -0.15) is 0 Å². The highest BCUT2D eigenvalue weighted by Crippen LogP contribution is 2.38. The normalized spacial score (nSPS) is 15.2. The lowest BCUT2D eigenvalue weighted by Crippen LogP contribution is -2.28. The van der Waals surface area contributed by atoms with Crippen molar-refractivity contribution in [3.63, 3.8) is 0 Å². The van der Waals surface area contributed by atoms with Crippen molar-refractivity contribution < 1.29 is 19.1 Å². The van der Waals surface area contributed by atoms with Gasteiger partial charge in [-0.1, -0.05) is 48.2 Å². The summed E-state index contributed by atoms with van der Waals surface area (Å²) in [7, 11) is 0. The zero-order chi connectivity index (χ0) is 20.3. The lowest BCUT2D eigenvalue weighted by molar-refractivity contribution is -0.132. The molecule has 1 saturated heterocycles. The zero-order valence-electron chi connectivity index (χ0n) is 15.7. The molecule has 1 aliphatic heterocycles. The summed E-state index contributed by atoms with van der Waals surface area (Å²) < 4.78 is 11.2. The number of anilines is 1. The van der Waals surface area contributed by atoms with Crippen molar-refractivity contribution in [1.82, 2.24) is 0 Å². The molecule has 3 rings (SSSR count). The van der Waals surface area contributed by atoms with E-state index in [1.807, 2.05) is 38.1 Å². The molecule has 0 aromatic heterocycles. The summed E-state index contributed by atoms with van der Waals surface area (Å²) in [5.41, 5.74) is 2.52. The van der Waals surface area contributed by atoms with Crippen molar-refractivity contribution in [2.24, 2.45) is 0 Å². The van der Waals surface area contributed by atoms with Gasteiger partial charge < -0.3 is 9.47 Å². The van der Waals surface area contributed by atoms with Gasteiger partial charge in [0.1, 0.15) is 0 Å². The van der Waals surface area contributed by atoms with Gasteiger partial charge in [0.25, 0.3) is 5.91 Å². The first-order chi connectivity index (χ1) is 13.4. The average Bonchev–Trinajstić information content (AvgIpc) is 2.91. The molecule has 7 heteroatoms. The Morgan fingerprint density at radius 3 is 2.64 bits per heavy atom. The zero-order valence-corrected chi connectivity index (χ0v) is 17.4. The summed E-state index contributed by atoms with van der Waals surface area (Å²) in [6, 6.07) is 12.8. The van der Waals surface area contributed by atoms with Crippen molar-refractivity contribution in [3.8, 4) is 11.5 Å². The summed E-state index contributed by atoms with van der Waals surface area (Å²) in [4.78, 5) is 26.3. The van der Waals surface area contributed by atoms with Crippen molar-refractivity contribution in [2.75, 3.05) is 11.5 Å². The van der Waals surface area contributed by atoms with Crippen LogP contribution in [0.4, 0.5) is 5.69 Å². The smallest absolute Gasteiger partial charge is 0.308 e. The van der Waals surface area contributed by atoms with Crippen LogP contribution < -0.4 is 14.4 Å². The fourth-order valence-corrected chi connectivity index (χ4v) is 4.05. The number of nitrogens with zero attached hydrogens (tertiary/aromatic N) is 1. The Morgan fingerprint density at radius 1 is 1.21 bits per heavy atom. The predicted octanol–water partition coefficient (Wildman–Crippen LogP) is 4.72. The van der Waals surface area contributed by atoms with Crippen LogP contribution in [-0.2, 0) is 9.59 Å². The van der Waals surface area contributed by atoms with E-state index in [1.165, 1.54) is 18.7 Å². The topological polar surface area (TPSA) is 55.8 Å². The van der Waals surface area contributed by atoms with Gasteiger partial charge in [-0.15, -0.1) is 0 Å². The number of rotatable bonds is 5. The molecule has 0 saturated carbocycles. The van der Waals surface area contributed by atoms with Crippen LogP contribution in [0.2, 0.25) is 0 Å². The van der Waals surface area contributed by atoms with Crippen LogP contribution in [0.3, 0.4) is 0 Å². The second-order valence-corrected chi connectivity index (χ2v) is 7.71. The lowest BCUT2D eigenvalue weighted by Gasteiger charge is -2.16. The maximum absolute atomic E-state index is 12.9. The maximum Gasteiger partial charge on any atom is 0.308 e. The van der Waals surface area contributed by atoms with Crippen LogP contribution in [0, 0.1) is 6.92 Å². The number of thiocarbonyl (C=S) groups is 1. The van der Waals surface area contributed by atoms with E-state index in [0.717, 1.165) is 16.8 Å². The highest BCUT2D eigenvalue weighted by molar-refractivity contribution is 8.27. The maximum atomic E-state index is 12.9. The van der Waals surface area contributed by atoms with Crippen LogP contribution >= 0.6 is 24.0 Å². The number of aryl methyl sites for hydroxylation is 1. The van der Waals surface area contributed by atoms with E-state index in [-0.39, 0.29) is 5.91 Å². The Hall–Kier alpha value is -2.64. The first-order valence-electron chi connectivity index (χ1n) is 8.69. The highest BCUT2D eigenvalue weighted by Gasteiger charge is 2.34. The molecule has 5 nitrogen and oxygen atoms in total. The van der Waals surface area contributed by atoms with Crippen LogP contribution in [0.15, 0.2) is 47.4 Å². The number of hydrogen-bond donors (Lipinski definition) is 0. The molecule has 1 aliphatic rings. The fourth-order valence-electron chi connectivity index (χ4n) is 2.76. The van der Waals surface area contributed by atoms with E-state index in [1.54, 1.807) is 29.2 Å². The third-order valence-corrected chi connectivity index (χ3v) is 5.27. The molecule has 0 atom stereocenters. The number of ether oxygens (including phenoxy) is 2. The molecule has 2 aromatic carbocycles. The number of para-hydroxylation sites is 1. The van der Waals surface area contributed by atoms with E-state index in [9.17, 15) is 9.59 Å². The minimum atomic E-state index is -0.423. The highest BCUT2D eigenvalue weighted by atomic mass is 32.2. The average molecular weight is 414 g/mol. The molecule has 1 amide bonds. The van der Waals surface area contributed by atoms with Gasteiger partial charge in [-0.25, -0.2) is 0 Å². The van der Waals surface area contributed by atoms with E-state index in [0.29, 0.717) is 27.3 Å². The Labute approximate surface area is 173 Å². The molecule has 2 aromatic rings. The number of carbonyl (C=O) groups is 2. The summed E-state index contributed by atoms with van der Waals surface area (Å²) >= 11 is 6.69. The quantitative estimate of drug-likeness (QED) is 0.306. The summed E-state index contributed by atoms with van der Waals surface area (Å²) in [5.74, 6) is 0.207. The molecule has 0 bridgehead atoms. The third-order valence-electron chi connectivity index (χ3n) is 3.97. The van der Waals surface area contributed by atoms with E-state index in [4.69, 9.17) is 21.7 Å². The number of esters is 1. The SMILES string of the molecule is CCOc1cc(/C=C2\SC(=S)N(c3ccccc3C)C2=O)ccc1OC(C)=O. The molecule has 0 aliphatic carbocycles. The molecule has 0 N–H and O–H groups in total. The minimum Gasteiger partial charge on any atom is -0.490 e. The Balaban J connectivity index is 1.92. The molecule has 1 heterocycles. The Bertz CT molecular complexity index is 984. The standard InChI is InChI=1S/C21H19NO4S2/c1-4-25-18-11-15(9-10-17(18)26-14(3)23)12-19-20(24)22(21(27)28-19)16-8-6-5-7-13(16)2/h5-12H,4H2,1-3H3/b19-12-. The number of thioether (sulfide) groups is 1. The Kier molecular flexibility index (Phi) is 6.16. The molecule has 28 heavy (non-hydrogen) atoms. The van der Waals surface area contributed by atoms with Gasteiger partial charge >= 0.3 is 5.97 Å². The van der Waals surface area contributed by atoms with Crippen molar-refractivity contribution in [2.45, 2.75) is 20.8 Å². The van der Waals surface area contributed by atoms with Gasteiger partial charge in [-0.3, -0.25) is 14.5 Å². The molecular weight excluding hydrogens is 394 g/mol. The van der Waals surface area contributed by atoms with Gasteiger partial charge in [0.15, 0.2) is 15.8 Å². The molecular formula is C21H19NO4S2. The van der Waals surface area contributed by atoms with E-state index >= 15 is 0 Å². The van der Waals surface area contributed by atoms with Crippen molar-refractivity contribution >= 4 is 51.9 Å². The van der Waals surface area contributed by atoms with Gasteiger partial charge in [0, 0.05) is 6.92 Å². The van der Waals surface area contributed by atoms with Crippen LogP contribution in [0.5, 0.6) is 11.5 Å². The molecule has 0 spiro atoms. The van der Waals surface area contributed by atoms with Gasteiger partial charge in [0.05, 0.1) is 17.2 Å². The first kappa shape index (κ1) is 20.1. The second kappa shape index (κ2) is 8.58. The van der Waals surface area contributed by atoms with Crippen molar-refractivity contribution in [1.29, 1.82) is 0 Å². The Morgan fingerprint density at radius 2 is 1.96 bits per heavy atom. The predicted molar refractivity (Wildman–Crippen MR) is 116 cm³/mol. The van der Waals surface area contributed by atoms with Gasteiger partial charge in [0.2, 0.25) is 0 Å². The number of benzene rings is 2. The van der Waals surface area contributed by atoms with Crippen molar-refractivity contribution in [3.05, 3.63) is 58.5 Å². The second-order valence-electron chi connectivity index (χ2n) is 6.04. The summed E-state index contributed by atoms with van der Waals surface area (Å²) in [6.45, 7) is 5.55. The van der Waals surface area contributed by atoms with Gasteiger partial charge in [-0.05, 0) is 49.2 Å². The fraction of sp³-hybridized carbons (Fsp3) is 0.190. The number of hydrogen-bond acceptors (Lipinski definition) is 6. The lowest BCUT2D eigenvalue weighted by atomic mass is 10.1. The molecule has 144 valence electrons. The first-order valence-corrected chi connectivity index (χ1v) is 9.92. The summed E-state index contributed by atoms with van der Waals surface area (Å²) in [5, 5.41) is 0. The molecule has 0 unspecified atom stereocenters. The van der Waals surface area contributed by atoms with Crippen LogP contribution in [0.25, 0.3) is 6.08 Å². The molecule has 1 fully saturated rings. The van der Waals surface area contributed by atoms with Crippen LogP contribution in [0.1, 0.15) is 25.0 Å².